The zero-order valence-electron chi connectivity index (χ0n) is 14.8. The van der Waals surface area contributed by atoms with Gasteiger partial charge in [-0.15, -0.1) is 0 Å². The highest BCUT2D eigenvalue weighted by Crippen LogP contribution is 2.33. The highest BCUT2D eigenvalue weighted by molar-refractivity contribution is 7.98. The third-order valence-electron chi connectivity index (χ3n) is 4.41. The number of carbonyl (C=O) groups is 2. The van der Waals surface area contributed by atoms with E-state index in [1.807, 2.05) is 24.3 Å². The first kappa shape index (κ1) is 20.2. The molecule has 2 aromatic carbocycles. The number of amides is 1. The molecule has 1 fully saturated rings. The summed E-state index contributed by atoms with van der Waals surface area (Å²) in [5.74, 6) is 2.14. The number of nitrogens with one attached hydrogen (secondary N) is 1. The van der Waals surface area contributed by atoms with Gasteiger partial charge in [0.05, 0.1) is 15.6 Å². The van der Waals surface area contributed by atoms with Gasteiger partial charge in [0.2, 0.25) is 0 Å². The lowest BCUT2D eigenvalue weighted by Gasteiger charge is -2.09. The number of Topliss-reactive ketones (excluding diaryl/α,β-unsaturated/α-hetero) is 1. The lowest BCUT2D eigenvalue weighted by atomic mass is 10.0. The fourth-order valence-corrected chi connectivity index (χ4v) is 4.14. The van der Waals surface area contributed by atoms with Crippen LogP contribution in [0.5, 0.6) is 0 Å². The van der Waals surface area contributed by atoms with Crippen LogP contribution in [0.2, 0.25) is 10.0 Å². The predicted molar refractivity (Wildman–Crippen MR) is 113 cm³/mol. The standard InChI is InChI=1S/C21H21Cl2NO2S/c22-17-5-2-6-18(23)20(17)21(26)24-9-10-27-13-15-3-1-4-16(11-15)19(25)12-14-7-8-14/h1-6,11,14H,7-10,12-13H2,(H,24,26). The predicted octanol–water partition coefficient (Wildman–Crippen LogP) is 5.64. The van der Waals surface area contributed by atoms with Crippen LogP contribution >= 0.6 is 35.0 Å². The summed E-state index contributed by atoms with van der Waals surface area (Å²) < 4.78 is 0. The van der Waals surface area contributed by atoms with E-state index >= 15 is 0 Å². The average Bonchev–Trinajstić information content (AvgIpc) is 3.45. The van der Waals surface area contributed by atoms with Crippen LogP contribution in [0.3, 0.4) is 0 Å². The second-order valence-electron chi connectivity index (χ2n) is 6.68. The molecule has 0 aromatic heterocycles. The van der Waals surface area contributed by atoms with Gasteiger partial charge in [-0.05, 0) is 42.5 Å². The Morgan fingerprint density at radius 1 is 1.07 bits per heavy atom. The minimum absolute atomic E-state index is 0.244. The molecular formula is C21H21Cl2NO2S. The molecule has 0 unspecified atom stereocenters. The summed E-state index contributed by atoms with van der Waals surface area (Å²) in [4.78, 5) is 24.4. The first-order valence-corrected chi connectivity index (χ1v) is 10.9. The van der Waals surface area contributed by atoms with Crippen molar-refractivity contribution in [1.82, 2.24) is 5.32 Å². The highest BCUT2D eigenvalue weighted by atomic mass is 35.5. The monoisotopic (exact) mass is 421 g/mol. The van der Waals surface area contributed by atoms with Crippen molar-refractivity contribution in [3.63, 3.8) is 0 Å². The van der Waals surface area contributed by atoms with Gasteiger partial charge in [-0.2, -0.15) is 11.8 Å². The van der Waals surface area contributed by atoms with E-state index in [0.717, 1.165) is 22.6 Å². The van der Waals surface area contributed by atoms with E-state index in [1.54, 1.807) is 30.0 Å². The molecule has 6 heteroatoms. The van der Waals surface area contributed by atoms with Crippen LogP contribution in [0.4, 0.5) is 0 Å². The summed E-state index contributed by atoms with van der Waals surface area (Å²) in [5.41, 5.74) is 2.25. The molecule has 2 aromatic rings. The van der Waals surface area contributed by atoms with Gasteiger partial charge in [0.1, 0.15) is 0 Å². The van der Waals surface area contributed by atoms with Gasteiger partial charge in [0.25, 0.3) is 5.91 Å². The largest absolute Gasteiger partial charge is 0.351 e. The van der Waals surface area contributed by atoms with Gasteiger partial charge in [-0.3, -0.25) is 9.59 Å². The van der Waals surface area contributed by atoms with E-state index < -0.39 is 0 Å². The second-order valence-corrected chi connectivity index (χ2v) is 8.60. The third-order valence-corrected chi connectivity index (χ3v) is 6.07. The number of halogens is 2. The van der Waals surface area contributed by atoms with Crippen molar-refractivity contribution in [2.24, 2.45) is 5.92 Å². The Labute approximate surface area is 173 Å². The van der Waals surface area contributed by atoms with Crippen molar-refractivity contribution < 1.29 is 9.59 Å². The smallest absolute Gasteiger partial charge is 0.254 e. The fourth-order valence-electron chi connectivity index (χ4n) is 2.77. The Balaban J connectivity index is 1.42. The number of ketones is 1. The molecule has 0 bridgehead atoms. The Bertz CT molecular complexity index is 816. The first-order valence-electron chi connectivity index (χ1n) is 8.96. The number of thioether (sulfide) groups is 1. The molecule has 0 radical (unpaired) electrons. The van der Waals surface area contributed by atoms with Crippen LogP contribution in [0.15, 0.2) is 42.5 Å². The van der Waals surface area contributed by atoms with E-state index in [9.17, 15) is 9.59 Å². The molecule has 0 heterocycles. The molecule has 27 heavy (non-hydrogen) atoms. The van der Waals surface area contributed by atoms with Crippen molar-refractivity contribution >= 4 is 46.7 Å². The summed E-state index contributed by atoms with van der Waals surface area (Å²) in [6.45, 7) is 0.519. The molecule has 3 nitrogen and oxygen atoms in total. The number of rotatable bonds is 9. The van der Waals surface area contributed by atoms with Gasteiger partial charge in [0.15, 0.2) is 5.78 Å². The molecule has 0 atom stereocenters. The van der Waals surface area contributed by atoms with Crippen molar-refractivity contribution in [1.29, 1.82) is 0 Å². The molecule has 0 saturated heterocycles. The maximum absolute atomic E-state index is 12.2. The van der Waals surface area contributed by atoms with Gasteiger partial charge >= 0.3 is 0 Å². The molecule has 3 rings (SSSR count). The quantitative estimate of drug-likeness (QED) is 0.420. The Morgan fingerprint density at radius 2 is 1.78 bits per heavy atom. The molecule has 142 valence electrons. The van der Waals surface area contributed by atoms with Crippen molar-refractivity contribution in [2.45, 2.75) is 25.0 Å². The maximum atomic E-state index is 12.2. The van der Waals surface area contributed by atoms with Crippen LogP contribution in [0, 0.1) is 5.92 Å². The van der Waals surface area contributed by atoms with Gasteiger partial charge in [-0.25, -0.2) is 0 Å². The van der Waals surface area contributed by atoms with Crippen LogP contribution in [0.1, 0.15) is 45.5 Å². The molecule has 1 saturated carbocycles. The molecule has 0 aliphatic heterocycles. The number of hydrogen-bond acceptors (Lipinski definition) is 3. The Kier molecular flexibility index (Phi) is 7.22. The normalized spacial score (nSPS) is 13.4. The lowest BCUT2D eigenvalue weighted by Crippen LogP contribution is -2.26. The van der Waals surface area contributed by atoms with Gasteiger partial charge in [0, 0.05) is 30.0 Å². The van der Waals surface area contributed by atoms with Crippen LogP contribution in [0.25, 0.3) is 0 Å². The minimum atomic E-state index is -0.265. The van der Waals surface area contributed by atoms with Crippen molar-refractivity contribution in [2.75, 3.05) is 12.3 Å². The van der Waals surface area contributed by atoms with E-state index in [0.29, 0.717) is 34.5 Å². The Morgan fingerprint density at radius 3 is 2.48 bits per heavy atom. The second kappa shape index (κ2) is 9.63. The molecule has 1 N–H and O–H groups in total. The zero-order valence-corrected chi connectivity index (χ0v) is 17.2. The molecule has 1 aliphatic carbocycles. The topological polar surface area (TPSA) is 46.2 Å². The summed E-state index contributed by atoms with van der Waals surface area (Å²) >= 11 is 13.8. The SMILES string of the molecule is O=C(CC1CC1)c1cccc(CSCCNC(=O)c2c(Cl)cccc2Cl)c1. The van der Waals surface area contributed by atoms with Crippen LogP contribution in [-0.4, -0.2) is 24.0 Å². The van der Waals surface area contributed by atoms with Crippen molar-refractivity contribution in [3.8, 4) is 0 Å². The summed E-state index contributed by atoms with van der Waals surface area (Å²) in [5, 5.41) is 3.54. The molecule has 1 amide bonds. The fraction of sp³-hybridized carbons (Fsp3) is 0.333. The van der Waals surface area contributed by atoms with Gasteiger partial charge < -0.3 is 5.32 Å². The van der Waals surface area contributed by atoms with Crippen LogP contribution < -0.4 is 5.32 Å². The summed E-state index contributed by atoms with van der Waals surface area (Å²) in [6.07, 6.45) is 3.05. The number of benzene rings is 2. The average molecular weight is 422 g/mol. The third kappa shape index (κ3) is 6.00. The van der Waals surface area contributed by atoms with E-state index in [-0.39, 0.29) is 11.7 Å². The van der Waals surface area contributed by atoms with Gasteiger partial charge in [-0.1, -0.05) is 47.5 Å². The highest BCUT2D eigenvalue weighted by Gasteiger charge is 2.24. The zero-order chi connectivity index (χ0) is 19.2. The summed E-state index contributed by atoms with van der Waals surface area (Å²) in [6, 6.07) is 12.9. The first-order chi connectivity index (χ1) is 13.0. The van der Waals surface area contributed by atoms with Crippen molar-refractivity contribution in [3.05, 3.63) is 69.2 Å². The van der Waals surface area contributed by atoms with E-state index in [2.05, 4.69) is 5.32 Å². The van der Waals surface area contributed by atoms with Crippen LogP contribution in [-0.2, 0) is 5.75 Å². The summed E-state index contributed by atoms with van der Waals surface area (Å²) in [7, 11) is 0. The lowest BCUT2D eigenvalue weighted by molar-refractivity contribution is 0.0953. The minimum Gasteiger partial charge on any atom is -0.351 e. The number of hydrogen-bond donors (Lipinski definition) is 1. The number of carbonyl (C=O) groups excluding carboxylic acids is 2. The molecular weight excluding hydrogens is 401 g/mol. The maximum Gasteiger partial charge on any atom is 0.254 e. The Hall–Kier alpha value is -1.49. The van der Waals surface area contributed by atoms with E-state index in [1.165, 1.54) is 12.8 Å². The van der Waals surface area contributed by atoms with E-state index in [4.69, 9.17) is 23.2 Å². The molecule has 1 aliphatic rings. The molecule has 0 spiro atoms.